The third-order valence-corrected chi connectivity index (χ3v) is 3.73. The predicted octanol–water partition coefficient (Wildman–Crippen LogP) is 2.24. The molecular weight excluding hydrogens is 292 g/mol. The fraction of sp³-hybridized carbons (Fsp3) is 0.0833. The Bertz CT molecular complexity index is 737. The van der Waals surface area contributed by atoms with Crippen molar-refractivity contribution in [2.45, 2.75) is 6.54 Å². The van der Waals surface area contributed by atoms with Gasteiger partial charge in [0, 0.05) is 17.5 Å². The van der Waals surface area contributed by atoms with Crippen LogP contribution in [0.15, 0.2) is 43.1 Å². The Morgan fingerprint density at radius 3 is 2.86 bits per heavy atom. The van der Waals surface area contributed by atoms with Crippen LogP contribution in [0.4, 0.5) is 10.7 Å². The minimum Gasteiger partial charge on any atom is -0.379 e. The van der Waals surface area contributed by atoms with Crippen LogP contribution in [0.3, 0.4) is 0 Å². The normalized spacial score (nSPS) is 10.5. The highest BCUT2D eigenvalue weighted by Crippen LogP contribution is 2.24. The SMILES string of the molecule is O=[N+]([O-])c1ccc(CNc2ccc(-n3cncn3)nc2)s1. The Morgan fingerprint density at radius 2 is 2.24 bits per heavy atom. The number of nitrogens with zero attached hydrogens (tertiary/aromatic N) is 5. The first-order valence-corrected chi connectivity index (χ1v) is 6.82. The van der Waals surface area contributed by atoms with E-state index in [4.69, 9.17) is 0 Å². The van der Waals surface area contributed by atoms with E-state index in [-0.39, 0.29) is 9.92 Å². The molecule has 3 rings (SSSR count). The monoisotopic (exact) mass is 302 g/mol. The van der Waals surface area contributed by atoms with Crippen molar-refractivity contribution in [3.8, 4) is 5.82 Å². The molecule has 0 aromatic carbocycles. The Morgan fingerprint density at radius 1 is 1.33 bits per heavy atom. The minimum atomic E-state index is -0.386. The molecule has 21 heavy (non-hydrogen) atoms. The highest BCUT2D eigenvalue weighted by molar-refractivity contribution is 7.15. The highest BCUT2D eigenvalue weighted by Gasteiger charge is 2.09. The van der Waals surface area contributed by atoms with Crippen molar-refractivity contribution in [1.29, 1.82) is 0 Å². The summed E-state index contributed by atoms with van der Waals surface area (Å²) in [6.07, 6.45) is 4.69. The number of rotatable bonds is 5. The molecule has 0 saturated carbocycles. The van der Waals surface area contributed by atoms with Crippen molar-refractivity contribution in [1.82, 2.24) is 19.7 Å². The summed E-state index contributed by atoms with van der Waals surface area (Å²) in [5.41, 5.74) is 0.829. The van der Waals surface area contributed by atoms with Gasteiger partial charge in [0.15, 0.2) is 5.82 Å². The van der Waals surface area contributed by atoms with Crippen LogP contribution < -0.4 is 5.32 Å². The first-order valence-electron chi connectivity index (χ1n) is 6.00. The molecule has 0 aliphatic rings. The quantitative estimate of drug-likeness (QED) is 0.573. The molecule has 3 aromatic rings. The van der Waals surface area contributed by atoms with Gasteiger partial charge in [0.05, 0.1) is 16.8 Å². The second kappa shape index (κ2) is 5.67. The maximum Gasteiger partial charge on any atom is 0.324 e. The third-order valence-electron chi connectivity index (χ3n) is 2.70. The fourth-order valence-electron chi connectivity index (χ4n) is 1.70. The molecule has 0 atom stereocenters. The molecule has 3 aromatic heterocycles. The maximum absolute atomic E-state index is 10.6. The molecule has 0 radical (unpaired) electrons. The third kappa shape index (κ3) is 3.03. The molecule has 8 nitrogen and oxygen atoms in total. The van der Waals surface area contributed by atoms with Gasteiger partial charge >= 0.3 is 5.00 Å². The average molecular weight is 302 g/mol. The number of thiophene rings is 1. The number of anilines is 1. The Hall–Kier alpha value is -2.81. The first-order chi connectivity index (χ1) is 10.2. The minimum absolute atomic E-state index is 0.145. The molecule has 0 amide bonds. The van der Waals surface area contributed by atoms with Crippen molar-refractivity contribution in [3.63, 3.8) is 0 Å². The number of hydrogen-bond acceptors (Lipinski definition) is 7. The maximum atomic E-state index is 10.6. The van der Waals surface area contributed by atoms with E-state index in [1.54, 1.807) is 23.3 Å². The molecule has 1 N–H and O–H groups in total. The lowest BCUT2D eigenvalue weighted by Gasteiger charge is -2.05. The zero-order chi connectivity index (χ0) is 14.7. The number of nitro groups is 1. The molecule has 9 heteroatoms. The molecule has 3 heterocycles. The zero-order valence-electron chi connectivity index (χ0n) is 10.7. The van der Waals surface area contributed by atoms with Crippen LogP contribution in [0.25, 0.3) is 5.82 Å². The van der Waals surface area contributed by atoms with Gasteiger partial charge in [-0.2, -0.15) is 5.10 Å². The molecule has 106 valence electrons. The van der Waals surface area contributed by atoms with E-state index in [1.165, 1.54) is 12.4 Å². The molecule has 0 unspecified atom stereocenters. The van der Waals surface area contributed by atoms with Gasteiger partial charge in [-0.05, 0) is 18.2 Å². The topological polar surface area (TPSA) is 98.8 Å². The highest BCUT2D eigenvalue weighted by atomic mass is 32.1. The lowest BCUT2D eigenvalue weighted by atomic mass is 10.4. The summed E-state index contributed by atoms with van der Waals surface area (Å²) < 4.78 is 1.56. The standard InChI is InChI=1S/C12H10N6O2S/c19-18(20)12-4-2-10(21-12)6-14-9-1-3-11(15-5-9)17-8-13-7-16-17/h1-5,7-8,14H,6H2. The van der Waals surface area contributed by atoms with E-state index < -0.39 is 0 Å². The number of nitrogens with one attached hydrogen (secondary N) is 1. The number of aromatic nitrogens is 4. The van der Waals surface area contributed by atoms with E-state index in [2.05, 4.69) is 20.4 Å². The summed E-state index contributed by atoms with van der Waals surface area (Å²) in [5, 5.41) is 17.9. The van der Waals surface area contributed by atoms with Gasteiger partial charge in [-0.15, -0.1) is 0 Å². The first kappa shape index (κ1) is 13.2. The zero-order valence-corrected chi connectivity index (χ0v) is 11.5. The van der Waals surface area contributed by atoms with Crippen LogP contribution >= 0.6 is 11.3 Å². The number of hydrogen-bond donors (Lipinski definition) is 1. The van der Waals surface area contributed by atoms with Gasteiger partial charge in [-0.1, -0.05) is 11.3 Å². The predicted molar refractivity (Wildman–Crippen MR) is 77.5 cm³/mol. The van der Waals surface area contributed by atoms with E-state index >= 15 is 0 Å². The van der Waals surface area contributed by atoms with Crippen LogP contribution in [0, 0.1) is 10.1 Å². The smallest absolute Gasteiger partial charge is 0.324 e. The summed E-state index contributed by atoms with van der Waals surface area (Å²) in [6.45, 7) is 0.517. The van der Waals surface area contributed by atoms with E-state index in [1.807, 2.05) is 12.1 Å². The van der Waals surface area contributed by atoms with Gasteiger partial charge in [-0.25, -0.2) is 14.6 Å². The summed E-state index contributed by atoms with van der Waals surface area (Å²) in [6, 6.07) is 6.93. The van der Waals surface area contributed by atoms with Gasteiger partial charge in [-0.3, -0.25) is 10.1 Å². The average Bonchev–Trinajstić information content (AvgIpc) is 3.17. The lowest BCUT2D eigenvalue weighted by Crippen LogP contribution is -2.01. The van der Waals surface area contributed by atoms with E-state index in [9.17, 15) is 10.1 Å². The van der Waals surface area contributed by atoms with Crippen LogP contribution in [0.2, 0.25) is 0 Å². The van der Waals surface area contributed by atoms with Gasteiger partial charge in [0.2, 0.25) is 0 Å². The van der Waals surface area contributed by atoms with Crippen molar-refractivity contribution in [2.75, 3.05) is 5.32 Å². The fourth-order valence-corrected chi connectivity index (χ4v) is 2.46. The van der Waals surface area contributed by atoms with Crippen LogP contribution in [0.5, 0.6) is 0 Å². The molecule has 0 bridgehead atoms. The van der Waals surface area contributed by atoms with E-state index in [0.717, 1.165) is 21.9 Å². The molecule has 0 saturated heterocycles. The number of pyridine rings is 1. The van der Waals surface area contributed by atoms with Gasteiger partial charge < -0.3 is 5.32 Å². The summed E-state index contributed by atoms with van der Waals surface area (Å²) in [5.74, 6) is 0.671. The van der Waals surface area contributed by atoms with Crippen LogP contribution in [-0.4, -0.2) is 24.7 Å². The summed E-state index contributed by atoms with van der Waals surface area (Å²) in [7, 11) is 0. The Balaban J connectivity index is 1.64. The molecule has 0 aliphatic carbocycles. The summed E-state index contributed by atoms with van der Waals surface area (Å²) >= 11 is 1.16. The van der Waals surface area contributed by atoms with Crippen molar-refractivity contribution in [2.24, 2.45) is 0 Å². The second-order valence-corrected chi connectivity index (χ2v) is 5.24. The molecule has 0 fully saturated rings. The van der Waals surface area contributed by atoms with Crippen molar-refractivity contribution < 1.29 is 4.92 Å². The van der Waals surface area contributed by atoms with Crippen LogP contribution in [0.1, 0.15) is 4.88 Å². The van der Waals surface area contributed by atoms with Crippen LogP contribution in [-0.2, 0) is 6.54 Å². The van der Waals surface area contributed by atoms with Crippen molar-refractivity contribution in [3.05, 3.63) is 58.1 Å². The lowest BCUT2D eigenvalue weighted by molar-refractivity contribution is -0.380. The molecule has 0 aliphatic heterocycles. The second-order valence-electron chi connectivity index (χ2n) is 4.10. The van der Waals surface area contributed by atoms with Crippen molar-refractivity contribution >= 4 is 22.0 Å². The molecule has 0 spiro atoms. The largest absolute Gasteiger partial charge is 0.379 e. The Labute approximate surface area is 123 Å². The van der Waals surface area contributed by atoms with E-state index in [0.29, 0.717) is 12.4 Å². The Kier molecular flexibility index (Phi) is 3.56. The van der Waals surface area contributed by atoms with Gasteiger partial charge in [0.1, 0.15) is 12.7 Å². The summed E-state index contributed by atoms with van der Waals surface area (Å²) in [4.78, 5) is 19.2. The molecular formula is C12H10N6O2S. The van der Waals surface area contributed by atoms with Gasteiger partial charge in [0.25, 0.3) is 0 Å².